The zero-order valence-corrected chi connectivity index (χ0v) is 17.0. The number of hydrogen-bond donors (Lipinski definition) is 1. The second kappa shape index (κ2) is 9.61. The van der Waals surface area contributed by atoms with Crippen molar-refractivity contribution in [1.29, 1.82) is 0 Å². The molecule has 0 saturated carbocycles. The second-order valence-electron chi connectivity index (χ2n) is 6.15. The Kier molecular flexibility index (Phi) is 6.95. The lowest BCUT2D eigenvalue weighted by molar-refractivity contribution is -0.123. The highest BCUT2D eigenvalue weighted by molar-refractivity contribution is 8.18. The molecule has 2 aromatic rings. The van der Waals surface area contributed by atoms with E-state index in [9.17, 15) is 14.4 Å². The molecule has 0 spiro atoms. The summed E-state index contributed by atoms with van der Waals surface area (Å²) in [4.78, 5) is 39.2. The lowest BCUT2D eigenvalue weighted by atomic mass is 10.2. The summed E-state index contributed by atoms with van der Waals surface area (Å²) in [6, 6.07) is 17.3. The predicted octanol–water partition coefficient (Wildman–Crippen LogP) is 3.94. The number of thioether (sulfide) groups is 2. The SMILES string of the molecule is Cc1ccccc1SCC(=O)NCCN1C(=O)SC(=Cc2ccccc2)C1=O. The van der Waals surface area contributed by atoms with Crippen LogP contribution in [0.15, 0.2) is 64.4 Å². The van der Waals surface area contributed by atoms with Crippen LogP contribution in [0.4, 0.5) is 4.79 Å². The summed E-state index contributed by atoms with van der Waals surface area (Å²) in [5.74, 6) is -0.150. The average molecular weight is 413 g/mol. The van der Waals surface area contributed by atoms with E-state index in [1.807, 2.05) is 61.5 Å². The maximum Gasteiger partial charge on any atom is 0.293 e. The minimum absolute atomic E-state index is 0.125. The zero-order valence-electron chi connectivity index (χ0n) is 15.4. The number of nitrogens with zero attached hydrogens (tertiary/aromatic N) is 1. The topological polar surface area (TPSA) is 66.5 Å². The highest BCUT2D eigenvalue weighted by atomic mass is 32.2. The third-order valence-corrected chi connectivity index (χ3v) is 6.16. The molecule has 5 nitrogen and oxygen atoms in total. The summed E-state index contributed by atoms with van der Waals surface area (Å²) >= 11 is 2.39. The molecule has 3 rings (SSSR count). The van der Waals surface area contributed by atoms with Crippen LogP contribution >= 0.6 is 23.5 Å². The predicted molar refractivity (Wildman–Crippen MR) is 114 cm³/mol. The normalized spacial score (nSPS) is 15.3. The minimum atomic E-state index is -0.317. The number of hydrogen-bond acceptors (Lipinski definition) is 5. The Hall–Kier alpha value is -2.51. The highest BCUT2D eigenvalue weighted by Crippen LogP contribution is 2.31. The van der Waals surface area contributed by atoms with Crippen molar-refractivity contribution in [2.24, 2.45) is 0 Å². The van der Waals surface area contributed by atoms with Gasteiger partial charge in [-0.1, -0.05) is 48.5 Å². The van der Waals surface area contributed by atoms with Gasteiger partial charge in [0.2, 0.25) is 5.91 Å². The molecule has 1 fully saturated rings. The number of carbonyl (C=O) groups is 3. The van der Waals surface area contributed by atoms with Crippen LogP contribution < -0.4 is 5.32 Å². The molecule has 1 N–H and O–H groups in total. The van der Waals surface area contributed by atoms with Gasteiger partial charge in [0.05, 0.1) is 10.7 Å². The molecule has 0 radical (unpaired) electrons. The van der Waals surface area contributed by atoms with E-state index in [4.69, 9.17) is 0 Å². The van der Waals surface area contributed by atoms with Crippen molar-refractivity contribution in [3.8, 4) is 0 Å². The van der Waals surface area contributed by atoms with E-state index in [0.29, 0.717) is 10.7 Å². The number of nitrogens with one attached hydrogen (secondary N) is 1. The van der Waals surface area contributed by atoms with Crippen molar-refractivity contribution in [2.45, 2.75) is 11.8 Å². The molecule has 0 atom stereocenters. The first-order valence-corrected chi connectivity index (χ1v) is 10.6. The monoisotopic (exact) mass is 412 g/mol. The Morgan fingerprint density at radius 1 is 1.11 bits per heavy atom. The fourth-order valence-electron chi connectivity index (χ4n) is 2.61. The van der Waals surface area contributed by atoms with Gasteiger partial charge in [-0.15, -0.1) is 11.8 Å². The van der Waals surface area contributed by atoms with Crippen molar-refractivity contribution < 1.29 is 14.4 Å². The molecule has 144 valence electrons. The molecule has 1 saturated heterocycles. The molecule has 28 heavy (non-hydrogen) atoms. The summed E-state index contributed by atoms with van der Waals surface area (Å²) in [6.45, 7) is 2.41. The largest absolute Gasteiger partial charge is 0.354 e. The summed E-state index contributed by atoms with van der Waals surface area (Å²) in [5, 5.41) is 2.46. The van der Waals surface area contributed by atoms with E-state index in [-0.39, 0.29) is 30.1 Å². The Balaban J connectivity index is 1.47. The van der Waals surface area contributed by atoms with Crippen LogP contribution in [-0.2, 0) is 9.59 Å². The molecule has 1 aliphatic heterocycles. The molecule has 0 aliphatic carbocycles. The van der Waals surface area contributed by atoms with E-state index < -0.39 is 0 Å². The van der Waals surface area contributed by atoms with Gasteiger partial charge >= 0.3 is 0 Å². The fraction of sp³-hybridized carbons (Fsp3) is 0.190. The van der Waals surface area contributed by atoms with Gasteiger partial charge in [0.1, 0.15) is 0 Å². The molecule has 0 bridgehead atoms. The van der Waals surface area contributed by atoms with Crippen molar-refractivity contribution >= 4 is 46.7 Å². The van der Waals surface area contributed by atoms with Crippen LogP contribution in [0.5, 0.6) is 0 Å². The quantitative estimate of drug-likeness (QED) is 0.551. The van der Waals surface area contributed by atoms with E-state index in [0.717, 1.165) is 27.8 Å². The van der Waals surface area contributed by atoms with E-state index in [2.05, 4.69) is 5.32 Å². The van der Waals surface area contributed by atoms with Crippen LogP contribution in [0.25, 0.3) is 6.08 Å². The van der Waals surface area contributed by atoms with Crippen LogP contribution in [0.2, 0.25) is 0 Å². The van der Waals surface area contributed by atoms with E-state index in [1.165, 1.54) is 16.7 Å². The van der Waals surface area contributed by atoms with Gasteiger partial charge in [0, 0.05) is 18.0 Å². The summed E-state index contributed by atoms with van der Waals surface area (Å²) in [5.41, 5.74) is 2.00. The first-order valence-electron chi connectivity index (χ1n) is 8.80. The van der Waals surface area contributed by atoms with Crippen LogP contribution in [0.1, 0.15) is 11.1 Å². The molecule has 3 amide bonds. The molecule has 1 aliphatic rings. The van der Waals surface area contributed by atoms with Gasteiger partial charge in [0.25, 0.3) is 11.1 Å². The van der Waals surface area contributed by atoms with Gasteiger partial charge in [-0.25, -0.2) is 0 Å². The smallest absolute Gasteiger partial charge is 0.293 e. The molecule has 0 aromatic heterocycles. The molecule has 7 heteroatoms. The zero-order chi connectivity index (χ0) is 19.9. The van der Waals surface area contributed by atoms with Crippen molar-refractivity contribution in [2.75, 3.05) is 18.8 Å². The van der Waals surface area contributed by atoms with Gasteiger partial charge in [0.15, 0.2) is 0 Å². The molecule has 2 aromatic carbocycles. The molecule has 1 heterocycles. The minimum Gasteiger partial charge on any atom is -0.354 e. The lowest BCUT2D eigenvalue weighted by Crippen LogP contribution is -2.37. The molecule has 0 unspecified atom stereocenters. The lowest BCUT2D eigenvalue weighted by Gasteiger charge is -2.13. The number of imide groups is 1. The third-order valence-electron chi connectivity index (χ3n) is 4.08. The average Bonchev–Trinajstić information content (AvgIpc) is 2.95. The standard InChI is InChI=1S/C21H20N2O3S2/c1-15-7-5-6-10-17(15)27-14-19(24)22-11-12-23-20(25)18(28-21(23)26)13-16-8-3-2-4-9-16/h2-10,13H,11-12,14H2,1H3,(H,22,24). The Labute approximate surface area is 172 Å². The number of amides is 3. The number of carbonyl (C=O) groups excluding carboxylic acids is 3. The van der Waals surface area contributed by atoms with Crippen molar-refractivity contribution in [3.05, 3.63) is 70.6 Å². The van der Waals surface area contributed by atoms with Crippen molar-refractivity contribution in [3.63, 3.8) is 0 Å². The van der Waals surface area contributed by atoms with Crippen LogP contribution in [-0.4, -0.2) is 40.8 Å². The number of rotatable bonds is 7. The summed E-state index contributed by atoms with van der Waals surface area (Å²) in [6.07, 6.45) is 1.71. The van der Waals surface area contributed by atoms with Gasteiger partial charge in [-0.05, 0) is 42.0 Å². The Morgan fingerprint density at radius 3 is 2.57 bits per heavy atom. The maximum absolute atomic E-state index is 12.4. The highest BCUT2D eigenvalue weighted by Gasteiger charge is 2.34. The van der Waals surface area contributed by atoms with Crippen LogP contribution in [0.3, 0.4) is 0 Å². The second-order valence-corrected chi connectivity index (χ2v) is 8.16. The van der Waals surface area contributed by atoms with E-state index in [1.54, 1.807) is 6.08 Å². The van der Waals surface area contributed by atoms with E-state index >= 15 is 0 Å². The summed E-state index contributed by atoms with van der Waals surface area (Å²) < 4.78 is 0. The summed E-state index contributed by atoms with van der Waals surface area (Å²) in [7, 11) is 0. The first kappa shape index (κ1) is 20.2. The Bertz CT molecular complexity index is 913. The number of aryl methyl sites for hydroxylation is 1. The van der Waals surface area contributed by atoms with Crippen molar-refractivity contribution in [1.82, 2.24) is 10.2 Å². The molecular formula is C21H20N2O3S2. The van der Waals surface area contributed by atoms with Gasteiger partial charge in [-0.2, -0.15) is 0 Å². The van der Waals surface area contributed by atoms with Gasteiger partial charge < -0.3 is 5.32 Å². The van der Waals surface area contributed by atoms with Gasteiger partial charge in [-0.3, -0.25) is 19.3 Å². The maximum atomic E-state index is 12.4. The Morgan fingerprint density at radius 2 is 1.82 bits per heavy atom. The fourth-order valence-corrected chi connectivity index (χ4v) is 4.34. The number of benzene rings is 2. The molecular weight excluding hydrogens is 392 g/mol. The first-order chi connectivity index (χ1) is 13.5. The van der Waals surface area contributed by atoms with Crippen LogP contribution in [0, 0.1) is 6.92 Å². The third kappa shape index (κ3) is 5.27.